The highest BCUT2D eigenvalue weighted by molar-refractivity contribution is 14.0. The Morgan fingerprint density at radius 1 is 1.09 bits per heavy atom. The van der Waals surface area contributed by atoms with Crippen molar-refractivity contribution in [2.45, 2.75) is 46.7 Å². The fourth-order valence-electron chi connectivity index (χ4n) is 3.63. The van der Waals surface area contributed by atoms with Crippen molar-refractivity contribution in [2.75, 3.05) is 44.4 Å². The molecular weight excluding hydrogens is 529 g/mol. The average molecular weight is 568 g/mol. The number of pyridine rings is 1. The molecule has 1 aromatic heterocycles. The topological polar surface area (TPSA) is 71.0 Å². The number of guanidine groups is 1. The summed E-state index contributed by atoms with van der Waals surface area (Å²) < 4.78 is 11.3. The van der Waals surface area contributed by atoms with Crippen LogP contribution in [0.15, 0.2) is 41.5 Å². The molecule has 0 radical (unpaired) electrons. The molecule has 3 rings (SSSR count). The Bertz CT molecular complexity index is 854. The van der Waals surface area contributed by atoms with Gasteiger partial charge in [0.25, 0.3) is 0 Å². The maximum Gasteiger partial charge on any atom is 0.191 e. The molecule has 182 valence electrons. The molecule has 2 N–H and O–H groups in total. The third-order valence-corrected chi connectivity index (χ3v) is 5.36. The van der Waals surface area contributed by atoms with Crippen molar-refractivity contribution in [3.63, 3.8) is 0 Å². The summed E-state index contributed by atoms with van der Waals surface area (Å²) >= 11 is 0. The molecule has 1 aromatic carbocycles. The summed E-state index contributed by atoms with van der Waals surface area (Å²) in [5, 5.41) is 6.74. The highest BCUT2D eigenvalue weighted by Crippen LogP contribution is 2.20. The smallest absolute Gasteiger partial charge is 0.191 e. The van der Waals surface area contributed by atoms with Gasteiger partial charge in [-0.15, -0.1) is 24.0 Å². The zero-order chi connectivity index (χ0) is 22.6. The molecule has 7 nitrogen and oxygen atoms in total. The first kappa shape index (κ1) is 27.2. The average Bonchev–Trinajstić information content (AvgIpc) is 3.35. The van der Waals surface area contributed by atoms with Crippen molar-refractivity contribution in [3.05, 3.63) is 53.2 Å². The molecule has 2 aromatic rings. The standard InChI is InChI=1S/C25H37N5O2.HI/c1-4-26-25(28-18-21-9-11-24(27-17-21)30-12-6-7-13-30)29-19-22-10-8-20(3)16-23(22)32-15-14-31-5-2;/h8-11,16-17H,4-7,12-15,18-19H2,1-3H3,(H2,26,28,29);1H. The first-order chi connectivity index (χ1) is 15.7. The number of aromatic nitrogens is 1. The van der Waals surface area contributed by atoms with Crippen molar-refractivity contribution in [2.24, 2.45) is 4.99 Å². The normalized spacial score (nSPS) is 13.5. The number of benzene rings is 1. The maximum absolute atomic E-state index is 5.96. The summed E-state index contributed by atoms with van der Waals surface area (Å²) in [6, 6.07) is 10.5. The Morgan fingerprint density at radius 3 is 2.61 bits per heavy atom. The Kier molecular flexibility index (Phi) is 12.3. The SMILES string of the molecule is CCNC(=NCc1ccc(N2CCCC2)nc1)NCc1ccc(C)cc1OCCOCC.I. The Hall–Kier alpha value is -2.07. The van der Waals surface area contributed by atoms with Gasteiger partial charge in [-0.05, 0) is 56.9 Å². The fraction of sp³-hybridized carbons (Fsp3) is 0.520. The van der Waals surface area contributed by atoms with Gasteiger partial charge in [-0.25, -0.2) is 9.98 Å². The van der Waals surface area contributed by atoms with Crippen LogP contribution in [-0.4, -0.2) is 50.4 Å². The maximum atomic E-state index is 5.96. The van der Waals surface area contributed by atoms with Crippen LogP contribution in [0.25, 0.3) is 0 Å². The minimum absolute atomic E-state index is 0. The van der Waals surface area contributed by atoms with Crippen LogP contribution in [0.2, 0.25) is 0 Å². The minimum atomic E-state index is 0. The van der Waals surface area contributed by atoms with Gasteiger partial charge in [0.1, 0.15) is 18.2 Å². The number of nitrogens with one attached hydrogen (secondary N) is 2. The summed E-state index contributed by atoms with van der Waals surface area (Å²) in [6.45, 7) is 12.2. The number of halogens is 1. The van der Waals surface area contributed by atoms with E-state index in [4.69, 9.17) is 14.5 Å². The zero-order valence-electron chi connectivity index (χ0n) is 20.1. The Balaban J connectivity index is 0.00000385. The van der Waals surface area contributed by atoms with E-state index in [0.717, 1.165) is 48.3 Å². The van der Waals surface area contributed by atoms with Gasteiger partial charge in [0.15, 0.2) is 5.96 Å². The van der Waals surface area contributed by atoms with Crippen molar-refractivity contribution < 1.29 is 9.47 Å². The number of aliphatic imine (C=N–C) groups is 1. The third kappa shape index (κ3) is 9.00. The highest BCUT2D eigenvalue weighted by atomic mass is 127. The van der Waals surface area contributed by atoms with E-state index in [9.17, 15) is 0 Å². The highest BCUT2D eigenvalue weighted by Gasteiger charge is 2.13. The minimum Gasteiger partial charge on any atom is -0.491 e. The Labute approximate surface area is 215 Å². The summed E-state index contributed by atoms with van der Waals surface area (Å²) in [7, 11) is 0. The van der Waals surface area contributed by atoms with Crippen molar-refractivity contribution in [1.29, 1.82) is 0 Å². The molecule has 2 heterocycles. The number of nitrogens with zero attached hydrogens (tertiary/aromatic N) is 3. The van der Waals surface area contributed by atoms with E-state index in [1.54, 1.807) is 0 Å². The molecule has 1 aliphatic heterocycles. The summed E-state index contributed by atoms with van der Waals surface area (Å²) in [6.07, 6.45) is 4.45. The molecule has 0 unspecified atom stereocenters. The van der Waals surface area contributed by atoms with Gasteiger partial charge < -0.3 is 25.0 Å². The largest absolute Gasteiger partial charge is 0.491 e. The first-order valence-corrected chi connectivity index (χ1v) is 11.7. The van der Waals surface area contributed by atoms with Gasteiger partial charge in [-0.1, -0.05) is 18.2 Å². The number of anilines is 1. The lowest BCUT2D eigenvalue weighted by Crippen LogP contribution is -2.36. The van der Waals surface area contributed by atoms with E-state index in [1.807, 2.05) is 13.1 Å². The van der Waals surface area contributed by atoms with Gasteiger partial charge in [0.2, 0.25) is 0 Å². The van der Waals surface area contributed by atoms with E-state index < -0.39 is 0 Å². The number of rotatable bonds is 11. The monoisotopic (exact) mass is 567 g/mol. The van der Waals surface area contributed by atoms with Gasteiger partial charge in [0.05, 0.1) is 13.2 Å². The lowest BCUT2D eigenvalue weighted by Gasteiger charge is -2.16. The van der Waals surface area contributed by atoms with Crippen LogP contribution < -0.4 is 20.3 Å². The summed E-state index contributed by atoms with van der Waals surface area (Å²) in [4.78, 5) is 11.7. The zero-order valence-corrected chi connectivity index (χ0v) is 22.4. The van der Waals surface area contributed by atoms with E-state index in [1.165, 1.54) is 18.4 Å². The van der Waals surface area contributed by atoms with Gasteiger partial charge in [-0.2, -0.15) is 0 Å². The molecule has 1 aliphatic rings. The summed E-state index contributed by atoms with van der Waals surface area (Å²) in [5.74, 6) is 2.73. The second-order valence-electron chi connectivity index (χ2n) is 7.92. The van der Waals surface area contributed by atoms with E-state index in [0.29, 0.717) is 32.9 Å². The molecule has 0 atom stereocenters. The molecular formula is C25H38IN5O2. The van der Waals surface area contributed by atoms with Crippen LogP contribution >= 0.6 is 24.0 Å². The van der Waals surface area contributed by atoms with Crippen LogP contribution in [0.4, 0.5) is 5.82 Å². The molecule has 1 fully saturated rings. The molecule has 0 saturated carbocycles. The number of aryl methyl sites for hydroxylation is 1. The number of ether oxygens (including phenoxy) is 2. The van der Waals surface area contributed by atoms with Gasteiger partial charge in [-0.3, -0.25) is 0 Å². The molecule has 0 spiro atoms. The second-order valence-corrected chi connectivity index (χ2v) is 7.92. The third-order valence-electron chi connectivity index (χ3n) is 5.36. The van der Waals surface area contributed by atoms with Crippen molar-refractivity contribution in [3.8, 4) is 5.75 Å². The number of hydrogen-bond acceptors (Lipinski definition) is 5. The van der Waals surface area contributed by atoms with Crippen molar-refractivity contribution >= 4 is 35.8 Å². The lowest BCUT2D eigenvalue weighted by atomic mass is 10.1. The number of hydrogen-bond donors (Lipinski definition) is 2. The first-order valence-electron chi connectivity index (χ1n) is 11.7. The predicted octanol–water partition coefficient (Wildman–Crippen LogP) is 4.28. The molecule has 0 aliphatic carbocycles. The fourth-order valence-corrected chi connectivity index (χ4v) is 3.63. The summed E-state index contributed by atoms with van der Waals surface area (Å²) in [5.41, 5.74) is 3.36. The van der Waals surface area contributed by atoms with Crippen molar-refractivity contribution in [1.82, 2.24) is 15.6 Å². The van der Waals surface area contributed by atoms with E-state index >= 15 is 0 Å². The quantitative estimate of drug-likeness (QED) is 0.183. The van der Waals surface area contributed by atoms with Crippen LogP contribution in [0.1, 0.15) is 43.4 Å². The van der Waals surface area contributed by atoms with Gasteiger partial charge in [0, 0.05) is 44.5 Å². The van der Waals surface area contributed by atoms with Crippen LogP contribution in [0.3, 0.4) is 0 Å². The second kappa shape index (κ2) is 15.0. The molecule has 1 saturated heterocycles. The van der Waals surface area contributed by atoms with Crippen LogP contribution in [0, 0.1) is 6.92 Å². The van der Waals surface area contributed by atoms with Crippen LogP contribution in [-0.2, 0) is 17.8 Å². The van der Waals surface area contributed by atoms with E-state index in [2.05, 4.69) is 64.7 Å². The van der Waals surface area contributed by atoms with Crippen LogP contribution in [0.5, 0.6) is 5.75 Å². The molecule has 0 amide bonds. The Morgan fingerprint density at radius 2 is 1.91 bits per heavy atom. The molecule has 33 heavy (non-hydrogen) atoms. The van der Waals surface area contributed by atoms with Gasteiger partial charge >= 0.3 is 0 Å². The predicted molar refractivity (Wildman–Crippen MR) is 146 cm³/mol. The lowest BCUT2D eigenvalue weighted by molar-refractivity contribution is 0.110. The molecule has 8 heteroatoms. The van der Waals surface area contributed by atoms with E-state index in [-0.39, 0.29) is 24.0 Å². The molecule has 0 bridgehead atoms.